The van der Waals surface area contributed by atoms with Crippen LogP contribution in [0.4, 0.5) is 0 Å². The number of hydrogen-bond acceptors (Lipinski definition) is 8. The summed E-state index contributed by atoms with van der Waals surface area (Å²) in [7, 11) is 0. The van der Waals surface area contributed by atoms with Crippen molar-refractivity contribution in [3.8, 4) is 11.6 Å². The Kier molecular flexibility index (Phi) is 4.67. The maximum atomic E-state index is 5.51. The van der Waals surface area contributed by atoms with Crippen LogP contribution < -0.4 is 5.32 Å². The molecule has 1 atom stereocenters. The molecule has 0 aliphatic carbocycles. The second-order valence-electron chi connectivity index (χ2n) is 7.95. The van der Waals surface area contributed by atoms with Crippen molar-refractivity contribution in [1.82, 2.24) is 35.1 Å². The number of nitrogens with one attached hydrogen (secondary N) is 1. The van der Waals surface area contributed by atoms with E-state index in [1.807, 2.05) is 13.1 Å². The maximum Gasteiger partial charge on any atom is 0.278 e. The molecule has 9 nitrogen and oxygen atoms in total. The van der Waals surface area contributed by atoms with Gasteiger partial charge in [0.2, 0.25) is 5.89 Å². The third-order valence-electron chi connectivity index (χ3n) is 5.76. The highest BCUT2D eigenvalue weighted by molar-refractivity contribution is 5.45. The van der Waals surface area contributed by atoms with E-state index in [1.54, 1.807) is 0 Å². The molecule has 0 radical (unpaired) electrons. The van der Waals surface area contributed by atoms with Gasteiger partial charge in [0, 0.05) is 32.0 Å². The minimum atomic E-state index is 0.469. The Morgan fingerprint density at radius 3 is 2.75 bits per heavy atom. The van der Waals surface area contributed by atoms with Gasteiger partial charge in [0.15, 0.2) is 11.6 Å². The van der Waals surface area contributed by atoms with E-state index in [2.05, 4.69) is 30.2 Å². The molecule has 2 aliphatic rings. The first kappa shape index (κ1) is 17.5. The van der Waals surface area contributed by atoms with E-state index in [0.29, 0.717) is 23.6 Å². The first-order valence-electron chi connectivity index (χ1n) is 10.1. The molecule has 3 aromatic heterocycles. The fourth-order valence-electron chi connectivity index (χ4n) is 4.22. The van der Waals surface area contributed by atoms with E-state index in [-0.39, 0.29) is 0 Å². The lowest BCUT2D eigenvalue weighted by Crippen LogP contribution is -2.28. The maximum absolute atomic E-state index is 5.51. The fourth-order valence-corrected chi connectivity index (χ4v) is 4.22. The fraction of sp³-hybridized carbons (Fsp3) is 0.632. The van der Waals surface area contributed by atoms with Gasteiger partial charge in [-0.3, -0.25) is 0 Å². The van der Waals surface area contributed by atoms with E-state index in [9.17, 15) is 0 Å². The summed E-state index contributed by atoms with van der Waals surface area (Å²) in [6.45, 7) is 4.92. The third-order valence-corrected chi connectivity index (χ3v) is 5.76. The molecule has 1 fully saturated rings. The van der Waals surface area contributed by atoms with Crippen LogP contribution in [-0.4, -0.2) is 42.9 Å². The number of aromatic nitrogens is 6. The molecule has 1 N–H and O–H groups in total. The zero-order valence-electron chi connectivity index (χ0n) is 16.1. The van der Waals surface area contributed by atoms with Gasteiger partial charge in [-0.2, -0.15) is 9.97 Å². The molecule has 0 saturated carbocycles. The van der Waals surface area contributed by atoms with Crippen molar-refractivity contribution in [3.63, 3.8) is 0 Å². The van der Waals surface area contributed by atoms with E-state index in [0.717, 1.165) is 68.6 Å². The molecular formula is C19H25N7O2. The number of hydrogen-bond donors (Lipinski definition) is 1. The van der Waals surface area contributed by atoms with Crippen LogP contribution in [0.2, 0.25) is 0 Å². The molecule has 148 valence electrons. The number of aryl methyl sites for hydroxylation is 2. The molecule has 0 spiro atoms. The molecule has 5 rings (SSSR count). The van der Waals surface area contributed by atoms with Crippen molar-refractivity contribution in [2.24, 2.45) is 11.8 Å². The standard InChI is InChI=1S/C19H25N7O2/c1-12-21-19(28-24-12)15-11-26-7-4-14(9-17(26)22-15)8-16-23-18(27-25-16)10-13-2-5-20-6-3-13/h11,13-14,20H,2-10H2,1H3. The minimum absolute atomic E-state index is 0.469. The summed E-state index contributed by atoms with van der Waals surface area (Å²) in [5, 5.41) is 11.5. The first-order valence-corrected chi connectivity index (χ1v) is 10.1. The molecule has 5 heterocycles. The van der Waals surface area contributed by atoms with Gasteiger partial charge in [-0.15, -0.1) is 0 Å². The molecule has 9 heteroatoms. The van der Waals surface area contributed by atoms with Crippen LogP contribution in [-0.2, 0) is 25.8 Å². The Balaban J connectivity index is 1.21. The topological polar surface area (TPSA) is 108 Å². The predicted molar refractivity (Wildman–Crippen MR) is 99.4 cm³/mol. The average Bonchev–Trinajstić information content (AvgIpc) is 3.42. The van der Waals surface area contributed by atoms with Gasteiger partial charge in [0.1, 0.15) is 11.5 Å². The Bertz CT molecular complexity index is 938. The van der Waals surface area contributed by atoms with Crippen LogP contribution in [0.15, 0.2) is 15.2 Å². The summed E-state index contributed by atoms with van der Waals surface area (Å²) in [6.07, 6.45) is 8.07. The lowest BCUT2D eigenvalue weighted by molar-refractivity contribution is 0.309. The molecular weight excluding hydrogens is 358 g/mol. The molecule has 2 aliphatic heterocycles. The minimum Gasteiger partial charge on any atom is -0.339 e. The second kappa shape index (κ2) is 7.46. The normalized spacial score (nSPS) is 20.4. The highest BCUT2D eigenvalue weighted by Gasteiger charge is 2.25. The average molecular weight is 383 g/mol. The zero-order valence-corrected chi connectivity index (χ0v) is 16.1. The van der Waals surface area contributed by atoms with Crippen molar-refractivity contribution in [2.75, 3.05) is 13.1 Å². The van der Waals surface area contributed by atoms with E-state index in [4.69, 9.17) is 14.0 Å². The third kappa shape index (κ3) is 3.71. The number of imidazole rings is 1. The number of nitrogens with zero attached hydrogens (tertiary/aromatic N) is 6. The van der Waals surface area contributed by atoms with Gasteiger partial charge in [0.25, 0.3) is 5.89 Å². The van der Waals surface area contributed by atoms with Crippen LogP contribution in [0, 0.1) is 18.8 Å². The van der Waals surface area contributed by atoms with Gasteiger partial charge in [-0.05, 0) is 51.1 Å². The molecule has 1 saturated heterocycles. The van der Waals surface area contributed by atoms with Crippen molar-refractivity contribution in [1.29, 1.82) is 0 Å². The van der Waals surface area contributed by atoms with Gasteiger partial charge in [-0.1, -0.05) is 10.3 Å². The number of rotatable bonds is 5. The molecule has 28 heavy (non-hydrogen) atoms. The number of piperidine rings is 1. The van der Waals surface area contributed by atoms with Crippen molar-refractivity contribution in [2.45, 2.75) is 52.0 Å². The zero-order chi connectivity index (χ0) is 18.9. The first-order chi connectivity index (χ1) is 13.7. The van der Waals surface area contributed by atoms with Gasteiger partial charge >= 0.3 is 0 Å². The van der Waals surface area contributed by atoms with Crippen LogP contribution in [0.5, 0.6) is 0 Å². The van der Waals surface area contributed by atoms with E-state index < -0.39 is 0 Å². The Hall–Kier alpha value is -2.55. The molecule has 0 amide bonds. The van der Waals surface area contributed by atoms with Gasteiger partial charge in [0.05, 0.1) is 0 Å². The van der Waals surface area contributed by atoms with Gasteiger partial charge < -0.3 is 18.9 Å². The summed E-state index contributed by atoms with van der Waals surface area (Å²) in [6, 6.07) is 0. The second-order valence-corrected chi connectivity index (χ2v) is 7.95. The van der Waals surface area contributed by atoms with Crippen molar-refractivity contribution in [3.05, 3.63) is 29.6 Å². The summed E-state index contributed by atoms with van der Waals surface area (Å²) in [4.78, 5) is 13.6. The van der Waals surface area contributed by atoms with Crippen molar-refractivity contribution >= 4 is 0 Å². The number of fused-ring (bicyclic) bond motifs is 1. The largest absolute Gasteiger partial charge is 0.339 e. The lowest BCUT2D eigenvalue weighted by Gasteiger charge is -2.21. The smallest absolute Gasteiger partial charge is 0.278 e. The predicted octanol–water partition coefficient (Wildman–Crippen LogP) is 1.97. The summed E-state index contributed by atoms with van der Waals surface area (Å²) in [5.41, 5.74) is 0.750. The molecule has 0 aromatic carbocycles. The van der Waals surface area contributed by atoms with Crippen LogP contribution in [0.25, 0.3) is 11.6 Å². The van der Waals surface area contributed by atoms with Crippen LogP contribution in [0.3, 0.4) is 0 Å². The highest BCUT2D eigenvalue weighted by Crippen LogP contribution is 2.26. The Morgan fingerprint density at radius 1 is 1.04 bits per heavy atom. The monoisotopic (exact) mass is 383 g/mol. The van der Waals surface area contributed by atoms with Gasteiger partial charge in [-0.25, -0.2) is 4.98 Å². The summed E-state index contributed by atoms with van der Waals surface area (Å²) < 4.78 is 12.9. The van der Waals surface area contributed by atoms with E-state index >= 15 is 0 Å². The summed E-state index contributed by atoms with van der Waals surface area (Å²) >= 11 is 0. The van der Waals surface area contributed by atoms with E-state index in [1.165, 1.54) is 12.8 Å². The Labute approximate surface area is 162 Å². The Morgan fingerprint density at radius 2 is 1.93 bits per heavy atom. The molecule has 3 aromatic rings. The van der Waals surface area contributed by atoms with Crippen molar-refractivity contribution < 1.29 is 9.05 Å². The molecule has 1 unspecified atom stereocenters. The summed E-state index contributed by atoms with van der Waals surface area (Å²) in [5.74, 6) is 4.89. The SMILES string of the molecule is Cc1noc(-c2cn3c(n2)CC(Cc2noc(CC4CCNCC4)n2)CC3)n1. The van der Waals surface area contributed by atoms with Crippen LogP contribution >= 0.6 is 0 Å². The van der Waals surface area contributed by atoms with Crippen LogP contribution in [0.1, 0.15) is 42.6 Å². The molecule has 0 bridgehead atoms. The highest BCUT2D eigenvalue weighted by atomic mass is 16.5. The quantitative estimate of drug-likeness (QED) is 0.712. The lowest BCUT2D eigenvalue weighted by atomic mass is 9.94.